The molecule has 2 nitrogen and oxygen atoms in total. The second-order valence-electron chi connectivity index (χ2n) is 4.48. The summed E-state index contributed by atoms with van der Waals surface area (Å²) >= 11 is 12.3. The summed E-state index contributed by atoms with van der Waals surface area (Å²) in [5, 5.41) is 1.29. The molecule has 98 valence electrons. The van der Waals surface area contributed by atoms with E-state index in [-0.39, 0.29) is 0 Å². The molecule has 4 heteroatoms. The molecule has 0 radical (unpaired) electrons. The Morgan fingerprint density at radius 1 is 1.17 bits per heavy atom. The standard InChI is InChI=1S/C14H18Cl2N2/c1-2-3-7-17-8-10-18(11-9-17)13-6-4-5-12(15)14(13)16/h2,4-6H,1,3,7-11H2. The van der Waals surface area contributed by atoms with Gasteiger partial charge in [-0.1, -0.05) is 35.3 Å². The molecule has 0 N–H and O–H groups in total. The molecule has 1 aromatic carbocycles. The van der Waals surface area contributed by atoms with Crippen molar-refractivity contribution >= 4 is 28.9 Å². The van der Waals surface area contributed by atoms with Crippen LogP contribution in [0.1, 0.15) is 6.42 Å². The van der Waals surface area contributed by atoms with Gasteiger partial charge in [0.1, 0.15) is 0 Å². The lowest BCUT2D eigenvalue weighted by Gasteiger charge is -2.36. The maximum atomic E-state index is 6.25. The van der Waals surface area contributed by atoms with Crippen molar-refractivity contribution in [3.63, 3.8) is 0 Å². The number of hydrogen-bond acceptors (Lipinski definition) is 2. The summed E-state index contributed by atoms with van der Waals surface area (Å²) in [5.41, 5.74) is 1.05. The van der Waals surface area contributed by atoms with Gasteiger partial charge in [0.2, 0.25) is 0 Å². The molecule has 1 saturated heterocycles. The summed E-state index contributed by atoms with van der Waals surface area (Å²) in [6.07, 6.45) is 3.03. The SMILES string of the molecule is C=CCCN1CCN(c2cccc(Cl)c2Cl)CC1. The molecular formula is C14H18Cl2N2. The highest BCUT2D eigenvalue weighted by atomic mass is 35.5. The van der Waals surface area contributed by atoms with Gasteiger partial charge in [-0.05, 0) is 18.6 Å². The summed E-state index contributed by atoms with van der Waals surface area (Å²) in [7, 11) is 0. The van der Waals surface area contributed by atoms with Crippen molar-refractivity contribution in [3.8, 4) is 0 Å². The molecule has 1 fully saturated rings. The van der Waals surface area contributed by atoms with E-state index >= 15 is 0 Å². The molecule has 0 atom stereocenters. The van der Waals surface area contributed by atoms with Crippen LogP contribution in [-0.4, -0.2) is 37.6 Å². The van der Waals surface area contributed by atoms with Crippen LogP contribution in [0.5, 0.6) is 0 Å². The van der Waals surface area contributed by atoms with Crippen LogP contribution in [0.15, 0.2) is 30.9 Å². The third kappa shape index (κ3) is 3.19. The predicted molar refractivity (Wildman–Crippen MR) is 79.9 cm³/mol. The molecular weight excluding hydrogens is 267 g/mol. The fourth-order valence-electron chi connectivity index (χ4n) is 2.22. The monoisotopic (exact) mass is 284 g/mol. The summed E-state index contributed by atoms with van der Waals surface area (Å²) in [6, 6.07) is 5.81. The van der Waals surface area contributed by atoms with E-state index in [1.165, 1.54) is 0 Å². The van der Waals surface area contributed by atoms with Crippen LogP contribution in [0.25, 0.3) is 0 Å². The Balaban J connectivity index is 1.97. The zero-order valence-corrected chi connectivity index (χ0v) is 11.9. The van der Waals surface area contributed by atoms with Crippen LogP contribution < -0.4 is 4.90 Å². The van der Waals surface area contributed by atoms with Gasteiger partial charge in [0.15, 0.2) is 0 Å². The Hall–Kier alpha value is -0.700. The zero-order valence-electron chi connectivity index (χ0n) is 10.4. The highest BCUT2D eigenvalue weighted by Crippen LogP contribution is 2.32. The van der Waals surface area contributed by atoms with Gasteiger partial charge in [-0.3, -0.25) is 4.90 Å². The average molecular weight is 285 g/mol. The van der Waals surface area contributed by atoms with Crippen molar-refractivity contribution in [3.05, 3.63) is 40.9 Å². The molecule has 0 saturated carbocycles. The Bertz CT molecular complexity index is 412. The van der Waals surface area contributed by atoms with E-state index in [0.717, 1.165) is 44.8 Å². The number of rotatable bonds is 4. The van der Waals surface area contributed by atoms with E-state index < -0.39 is 0 Å². The van der Waals surface area contributed by atoms with E-state index in [2.05, 4.69) is 16.4 Å². The minimum absolute atomic E-state index is 0.628. The van der Waals surface area contributed by atoms with Crippen LogP contribution in [0.4, 0.5) is 5.69 Å². The van der Waals surface area contributed by atoms with Gasteiger partial charge in [-0.25, -0.2) is 0 Å². The molecule has 2 rings (SSSR count). The number of hydrogen-bond donors (Lipinski definition) is 0. The highest BCUT2D eigenvalue weighted by Gasteiger charge is 2.18. The smallest absolute Gasteiger partial charge is 0.0825 e. The highest BCUT2D eigenvalue weighted by molar-refractivity contribution is 6.43. The van der Waals surface area contributed by atoms with Crippen molar-refractivity contribution in [1.82, 2.24) is 4.90 Å². The molecule has 0 unspecified atom stereocenters. The normalized spacial score (nSPS) is 16.9. The molecule has 0 aromatic heterocycles. The van der Waals surface area contributed by atoms with Crippen LogP contribution in [0, 0.1) is 0 Å². The third-order valence-electron chi connectivity index (χ3n) is 3.29. The fourth-order valence-corrected chi connectivity index (χ4v) is 2.64. The Kier molecular flexibility index (Phi) is 4.93. The van der Waals surface area contributed by atoms with Crippen molar-refractivity contribution in [1.29, 1.82) is 0 Å². The Labute approximate surface area is 119 Å². The van der Waals surface area contributed by atoms with Crippen molar-refractivity contribution < 1.29 is 0 Å². The maximum Gasteiger partial charge on any atom is 0.0825 e. The maximum absolute atomic E-state index is 6.25. The zero-order chi connectivity index (χ0) is 13.0. The third-order valence-corrected chi connectivity index (χ3v) is 4.10. The van der Waals surface area contributed by atoms with E-state index in [1.807, 2.05) is 24.3 Å². The van der Waals surface area contributed by atoms with Crippen molar-refractivity contribution in [2.75, 3.05) is 37.6 Å². The Morgan fingerprint density at radius 2 is 1.89 bits per heavy atom. The van der Waals surface area contributed by atoms with Gasteiger partial charge in [0.25, 0.3) is 0 Å². The van der Waals surface area contributed by atoms with Crippen LogP contribution in [-0.2, 0) is 0 Å². The number of piperazine rings is 1. The summed E-state index contributed by atoms with van der Waals surface area (Å²) in [6.45, 7) is 8.98. The Morgan fingerprint density at radius 3 is 2.56 bits per heavy atom. The minimum atomic E-state index is 0.628. The first kappa shape index (κ1) is 13.7. The molecule has 18 heavy (non-hydrogen) atoms. The van der Waals surface area contributed by atoms with E-state index in [1.54, 1.807) is 0 Å². The molecule has 0 amide bonds. The topological polar surface area (TPSA) is 6.48 Å². The molecule has 1 aliphatic heterocycles. The summed E-state index contributed by atoms with van der Waals surface area (Å²) in [4.78, 5) is 4.76. The van der Waals surface area contributed by atoms with E-state index in [4.69, 9.17) is 23.2 Å². The summed E-state index contributed by atoms with van der Waals surface area (Å²) < 4.78 is 0. The largest absolute Gasteiger partial charge is 0.368 e. The van der Waals surface area contributed by atoms with Gasteiger partial charge < -0.3 is 4.90 Å². The first-order chi connectivity index (χ1) is 8.72. The quantitative estimate of drug-likeness (QED) is 0.778. The van der Waals surface area contributed by atoms with Gasteiger partial charge in [-0.15, -0.1) is 6.58 Å². The van der Waals surface area contributed by atoms with Gasteiger partial charge in [-0.2, -0.15) is 0 Å². The molecule has 0 spiro atoms. The van der Waals surface area contributed by atoms with E-state index in [0.29, 0.717) is 10.0 Å². The number of nitrogens with zero attached hydrogens (tertiary/aromatic N) is 2. The molecule has 1 aliphatic rings. The lowest BCUT2D eigenvalue weighted by atomic mass is 10.2. The van der Waals surface area contributed by atoms with Gasteiger partial charge in [0.05, 0.1) is 15.7 Å². The van der Waals surface area contributed by atoms with Crippen molar-refractivity contribution in [2.24, 2.45) is 0 Å². The van der Waals surface area contributed by atoms with Crippen LogP contribution >= 0.6 is 23.2 Å². The van der Waals surface area contributed by atoms with Crippen molar-refractivity contribution in [2.45, 2.75) is 6.42 Å². The lowest BCUT2D eigenvalue weighted by Crippen LogP contribution is -2.46. The average Bonchev–Trinajstić information content (AvgIpc) is 2.40. The van der Waals surface area contributed by atoms with Crippen LogP contribution in [0.3, 0.4) is 0 Å². The van der Waals surface area contributed by atoms with E-state index in [9.17, 15) is 0 Å². The number of anilines is 1. The first-order valence-corrected chi connectivity index (χ1v) is 7.00. The fraction of sp³-hybridized carbons (Fsp3) is 0.429. The number of halogens is 2. The molecule has 1 aromatic rings. The summed E-state index contributed by atoms with van der Waals surface area (Å²) in [5.74, 6) is 0. The molecule has 0 bridgehead atoms. The molecule has 0 aliphatic carbocycles. The second-order valence-corrected chi connectivity index (χ2v) is 5.26. The second kappa shape index (κ2) is 6.46. The molecule has 1 heterocycles. The van der Waals surface area contributed by atoms with Gasteiger partial charge >= 0.3 is 0 Å². The predicted octanol–water partition coefficient (Wildman–Crippen LogP) is 3.69. The lowest BCUT2D eigenvalue weighted by molar-refractivity contribution is 0.262. The minimum Gasteiger partial charge on any atom is -0.368 e. The number of benzene rings is 1. The van der Waals surface area contributed by atoms with Gasteiger partial charge in [0, 0.05) is 32.7 Å². The van der Waals surface area contributed by atoms with Crippen LogP contribution in [0.2, 0.25) is 10.0 Å². The first-order valence-electron chi connectivity index (χ1n) is 6.24.